The van der Waals surface area contributed by atoms with Crippen LogP contribution >= 0.6 is 0 Å². The summed E-state index contributed by atoms with van der Waals surface area (Å²) in [6, 6.07) is 9.53. The number of para-hydroxylation sites is 1. The van der Waals surface area contributed by atoms with Gasteiger partial charge < -0.3 is 5.11 Å². The smallest absolute Gasteiger partial charge is 0.375 e. The fraction of sp³-hybridized carbons (Fsp3) is 0.200. The van der Waals surface area contributed by atoms with Gasteiger partial charge in [-0.1, -0.05) is 32.0 Å². The molecule has 0 spiro atoms. The number of aromatic nitrogens is 4. The van der Waals surface area contributed by atoms with E-state index in [1.54, 1.807) is 10.9 Å². The summed E-state index contributed by atoms with van der Waals surface area (Å²) in [5.41, 5.74) is 1.50. The summed E-state index contributed by atoms with van der Waals surface area (Å²) in [5.74, 6) is -0.689. The molecule has 0 bridgehead atoms. The maximum absolute atomic E-state index is 11.1. The predicted octanol–water partition coefficient (Wildman–Crippen LogP) is 2.64. The van der Waals surface area contributed by atoms with Crippen molar-refractivity contribution in [2.24, 2.45) is 0 Å². The SMILES string of the molecule is CC(C)c1nc(C(=O)O)nn1-c1cccc2cccnc12. The fourth-order valence-corrected chi connectivity index (χ4v) is 2.22. The lowest BCUT2D eigenvalue weighted by Gasteiger charge is -2.10. The van der Waals surface area contributed by atoms with Crippen LogP contribution in [0.15, 0.2) is 36.5 Å². The number of nitrogens with zero attached hydrogens (tertiary/aromatic N) is 4. The van der Waals surface area contributed by atoms with E-state index in [0.29, 0.717) is 5.82 Å². The van der Waals surface area contributed by atoms with Crippen LogP contribution in [0.2, 0.25) is 0 Å². The maximum Gasteiger partial charge on any atom is 0.375 e. The van der Waals surface area contributed by atoms with Crippen molar-refractivity contribution in [2.75, 3.05) is 0 Å². The predicted molar refractivity (Wildman–Crippen MR) is 77.7 cm³/mol. The van der Waals surface area contributed by atoms with Gasteiger partial charge in [-0.25, -0.2) is 14.5 Å². The van der Waals surface area contributed by atoms with Crippen LogP contribution in [0.1, 0.15) is 36.2 Å². The number of hydrogen-bond acceptors (Lipinski definition) is 4. The molecule has 0 aliphatic rings. The van der Waals surface area contributed by atoms with E-state index >= 15 is 0 Å². The number of fused-ring (bicyclic) bond motifs is 1. The number of carbonyl (C=O) groups is 1. The highest BCUT2D eigenvalue weighted by molar-refractivity contribution is 5.87. The normalized spacial score (nSPS) is 11.2. The average Bonchev–Trinajstić information content (AvgIpc) is 2.92. The third kappa shape index (κ3) is 2.24. The molecule has 0 aliphatic carbocycles. The molecule has 6 heteroatoms. The van der Waals surface area contributed by atoms with Gasteiger partial charge in [-0.05, 0) is 12.1 Å². The Hall–Kier alpha value is -2.76. The molecule has 1 aromatic carbocycles. The van der Waals surface area contributed by atoms with Crippen molar-refractivity contribution >= 4 is 16.9 Å². The Morgan fingerprint density at radius 3 is 2.71 bits per heavy atom. The summed E-state index contributed by atoms with van der Waals surface area (Å²) in [6.07, 6.45) is 1.70. The minimum absolute atomic E-state index is 0.0459. The number of rotatable bonds is 3. The van der Waals surface area contributed by atoms with Crippen molar-refractivity contribution in [1.82, 2.24) is 19.7 Å². The van der Waals surface area contributed by atoms with E-state index < -0.39 is 5.97 Å². The quantitative estimate of drug-likeness (QED) is 0.798. The molecule has 3 aromatic rings. The largest absolute Gasteiger partial charge is 0.475 e. The van der Waals surface area contributed by atoms with Crippen LogP contribution in [-0.4, -0.2) is 30.8 Å². The number of hydrogen-bond donors (Lipinski definition) is 1. The maximum atomic E-state index is 11.1. The molecule has 21 heavy (non-hydrogen) atoms. The van der Waals surface area contributed by atoms with Gasteiger partial charge in [0.1, 0.15) is 5.82 Å². The second kappa shape index (κ2) is 4.97. The van der Waals surface area contributed by atoms with Gasteiger partial charge in [-0.3, -0.25) is 4.98 Å². The zero-order chi connectivity index (χ0) is 15.0. The van der Waals surface area contributed by atoms with E-state index in [1.807, 2.05) is 44.2 Å². The van der Waals surface area contributed by atoms with Crippen LogP contribution in [0.4, 0.5) is 0 Å². The average molecular weight is 282 g/mol. The molecule has 2 aromatic heterocycles. The molecule has 0 aliphatic heterocycles. The zero-order valence-electron chi connectivity index (χ0n) is 11.7. The highest BCUT2D eigenvalue weighted by Crippen LogP contribution is 2.23. The standard InChI is InChI=1S/C15H14N4O2/c1-9(2)14-17-13(15(20)21)18-19(14)11-7-3-5-10-6-4-8-16-12(10)11/h3-9H,1-2H3,(H,20,21). The third-order valence-electron chi connectivity index (χ3n) is 3.18. The molecule has 0 fully saturated rings. The van der Waals surface area contributed by atoms with Crippen molar-refractivity contribution in [3.63, 3.8) is 0 Å². The van der Waals surface area contributed by atoms with E-state index in [-0.39, 0.29) is 11.7 Å². The molecule has 0 amide bonds. The number of carboxylic acids is 1. The summed E-state index contributed by atoms with van der Waals surface area (Å²) in [4.78, 5) is 19.6. The number of carboxylic acid groups (broad SMARTS) is 1. The molecule has 0 atom stereocenters. The van der Waals surface area contributed by atoms with Gasteiger partial charge in [0.2, 0.25) is 0 Å². The van der Waals surface area contributed by atoms with Crippen molar-refractivity contribution in [2.45, 2.75) is 19.8 Å². The van der Waals surface area contributed by atoms with Crippen LogP contribution < -0.4 is 0 Å². The summed E-state index contributed by atoms with van der Waals surface area (Å²) < 4.78 is 1.57. The Labute approximate surface area is 121 Å². The van der Waals surface area contributed by atoms with Crippen LogP contribution in [0, 0.1) is 0 Å². The van der Waals surface area contributed by atoms with Crippen molar-refractivity contribution in [3.05, 3.63) is 48.2 Å². The first-order valence-electron chi connectivity index (χ1n) is 6.62. The zero-order valence-corrected chi connectivity index (χ0v) is 11.7. The molecule has 0 radical (unpaired) electrons. The summed E-state index contributed by atoms with van der Waals surface area (Å²) in [5, 5.41) is 14.2. The van der Waals surface area contributed by atoms with Crippen LogP contribution in [0.3, 0.4) is 0 Å². The van der Waals surface area contributed by atoms with Gasteiger partial charge in [0.25, 0.3) is 5.82 Å². The highest BCUT2D eigenvalue weighted by atomic mass is 16.4. The van der Waals surface area contributed by atoms with Gasteiger partial charge in [-0.2, -0.15) is 0 Å². The highest BCUT2D eigenvalue weighted by Gasteiger charge is 2.19. The number of benzene rings is 1. The lowest BCUT2D eigenvalue weighted by atomic mass is 10.1. The lowest BCUT2D eigenvalue weighted by molar-refractivity contribution is 0.0683. The van der Waals surface area contributed by atoms with E-state index in [2.05, 4.69) is 15.1 Å². The molecule has 1 N–H and O–H groups in total. The molecular formula is C15H14N4O2. The molecule has 0 unspecified atom stereocenters. The van der Waals surface area contributed by atoms with E-state index in [9.17, 15) is 4.79 Å². The summed E-state index contributed by atoms with van der Waals surface area (Å²) >= 11 is 0. The molecule has 6 nitrogen and oxygen atoms in total. The van der Waals surface area contributed by atoms with E-state index in [1.165, 1.54) is 0 Å². The van der Waals surface area contributed by atoms with Gasteiger partial charge in [0.05, 0.1) is 11.2 Å². The Morgan fingerprint density at radius 1 is 1.24 bits per heavy atom. The Morgan fingerprint density at radius 2 is 2.00 bits per heavy atom. The Kier molecular flexibility index (Phi) is 3.13. The topological polar surface area (TPSA) is 80.9 Å². The van der Waals surface area contributed by atoms with Crippen LogP contribution in [-0.2, 0) is 0 Å². The van der Waals surface area contributed by atoms with E-state index in [0.717, 1.165) is 16.6 Å². The van der Waals surface area contributed by atoms with Gasteiger partial charge in [0, 0.05) is 17.5 Å². The van der Waals surface area contributed by atoms with Crippen LogP contribution in [0.5, 0.6) is 0 Å². The Bertz CT molecular complexity index is 818. The monoisotopic (exact) mass is 282 g/mol. The fourth-order valence-electron chi connectivity index (χ4n) is 2.22. The molecule has 2 heterocycles. The van der Waals surface area contributed by atoms with Gasteiger partial charge in [-0.15, -0.1) is 5.10 Å². The third-order valence-corrected chi connectivity index (χ3v) is 3.18. The van der Waals surface area contributed by atoms with E-state index in [4.69, 9.17) is 5.11 Å². The molecule has 0 saturated heterocycles. The number of aromatic carboxylic acids is 1. The van der Waals surface area contributed by atoms with Gasteiger partial charge >= 0.3 is 5.97 Å². The van der Waals surface area contributed by atoms with Gasteiger partial charge in [0.15, 0.2) is 0 Å². The van der Waals surface area contributed by atoms with Crippen molar-refractivity contribution < 1.29 is 9.90 Å². The first-order valence-corrected chi connectivity index (χ1v) is 6.62. The summed E-state index contributed by atoms with van der Waals surface area (Å²) in [6.45, 7) is 3.90. The lowest BCUT2D eigenvalue weighted by Crippen LogP contribution is -2.06. The van der Waals surface area contributed by atoms with Crippen molar-refractivity contribution in [3.8, 4) is 5.69 Å². The first kappa shape index (κ1) is 13.2. The second-order valence-corrected chi connectivity index (χ2v) is 5.02. The van der Waals surface area contributed by atoms with Crippen molar-refractivity contribution in [1.29, 1.82) is 0 Å². The second-order valence-electron chi connectivity index (χ2n) is 5.02. The minimum Gasteiger partial charge on any atom is -0.475 e. The Balaban J connectivity index is 2.29. The molecule has 0 saturated carbocycles. The number of pyridine rings is 1. The van der Waals surface area contributed by atoms with Crippen LogP contribution in [0.25, 0.3) is 16.6 Å². The molecule has 106 valence electrons. The minimum atomic E-state index is -1.14. The molecule has 3 rings (SSSR count). The summed E-state index contributed by atoms with van der Waals surface area (Å²) in [7, 11) is 0. The first-order chi connectivity index (χ1) is 10.1. The molecular weight excluding hydrogens is 268 g/mol.